The molecule has 0 amide bonds. The SMILES string of the molecule is CC[C@@]1(CO[Si](c2ccccc2)(c2ccccc2)C(C)(C)C)CO1. The number of hydrogen-bond donors (Lipinski definition) is 0. The molecule has 0 aromatic heterocycles. The molecule has 1 saturated heterocycles. The molecule has 24 heavy (non-hydrogen) atoms. The van der Waals surface area contributed by atoms with E-state index in [1.165, 1.54) is 10.4 Å². The number of rotatable bonds is 6. The van der Waals surface area contributed by atoms with Crippen LogP contribution in [0.5, 0.6) is 0 Å². The topological polar surface area (TPSA) is 21.8 Å². The van der Waals surface area contributed by atoms with Gasteiger partial charge in [-0.05, 0) is 21.8 Å². The summed E-state index contributed by atoms with van der Waals surface area (Å²) in [6.07, 6.45) is 1.01. The highest BCUT2D eigenvalue weighted by Gasteiger charge is 2.53. The van der Waals surface area contributed by atoms with Crippen LogP contribution in [-0.2, 0) is 9.16 Å². The van der Waals surface area contributed by atoms with Gasteiger partial charge in [-0.3, -0.25) is 0 Å². The molecule has 0 N–H and O–H groups in total. The van der Waals surface area contributed by atoms with Crippen LogP contribution in [0.25, 0.3) is 0 Å². The van der Waals surface area contributed by atoms with Gasteiger partial charge in [-0.1, -0.05) is 88.4 Å². The third kappa shape index (κ3) is 3.08. The summed E-state index contributed by atoms with van der Waals surface area (Å²) in [4.78, 5) is 0. The first-order chi connectivity index (χ1) is 11.4. The fraction of sp³-hybridized carbons (Fsp3) is 0.429. The monoisotopic (exact) mass is 340 g/mol. The van der Waals surface area contributed by atoms with Gasteiger partial charge in [-0.2, -0.15) is 0 Å². The van der Waals surface area contributed by atoms with Crippen LogP contribution in [0, 0.1) is 0 Å². The summed E-state index contributed by atoms with van der Waals surface area (Å²) in [5, 5.41) is 2.69. The Kier molecular flexibility index (Phi) is 4.69. The second-order valence-corrected chi connectivity index (χ2v) is 12.1. The van der Waals surface area contributed by atoms with Crippen molar-refractivity contribution in [3.05, 3.63) is 60.7 Å². The van der Waals surface area contributed by atoms with Crippen LogP contribution >= 0.6 is 0 Å². The maximum absolute atomic E-state index is 6.90. The Bertz CT molecular complexity index is 618. The molecule has 0 saturated carbocycles. The molecule has 1 atom stereocenters. The Morgan fingerprint density at radius 2 is 1.42 bits per heavy atom. The molecule has 2 aromatic carbocycles. The van der Waals surface area contributed by atoms with E-state index in [4.69, 9.17) is 9.16 Å². The van der Waals surface area contributed by atoms with Crippen molar-refractivity contribution >= 4 is 18.7 Å². The van der Waals surface area contributed by atoms with E-state index in [0.29, 0.717) is 6.61 Å². The van der Waals surface area contributed by atoms with Gasteiger partial charge >= 0.3 is 0 Å². The summed E-state index contributed by atoms with van der Waals surface area (Å²) in [6.45, 7) is 10.6. The lowest BCUT2D eigenvalue weighted by Crippen LogP contribution is -2.67. The lowest BCUT2D eigenvalue weighted by molar-refractivity contribution is 0.176. The predicted molar refractivity (Wildman–Crippen MR) is 103 cm³/mol. The fourth-order valence-electron chi connectivity index (χ4n) is 3.49. The zero-order valence-corrected chi connectivity index (χ0v) is 16.2. The van der Waals surface area contributed by atoms with Gasteiger partial charge in [-0.15, -0.1) is 0 Å². The molecule has 1 aliphatic rings. The van der Waals surface area contributed by atoms with Gasteiger partial charge < -0.3 is 9.16 Å². The summed E-state index contributed by atoms with van der Waals surface area (Å²) in [7, 11) is -2.42. The summed E-state index contributed by atoms with van der Waals surface area (Å²) in [5.74, 6) is 0. The quantitative estimate of drug-likeness (QED) is 0.590. The molecule has 2 nitrogen and oxygen atoms in total. The van der Waals surface area contributed by atoms with Gasteiger partial charge in [-0.25, -0.2) is 0 Å². The van der Waals surface area contributed by atoms with Crippen molar-refractivity contribution < 1.29 is 9.16 Å². The Labute approximate surface area is 146 Å². The minimum absolute atomic E-state index is 0.0273. The maximum atomic E-state index is 6.90. The normalized spacial score (nSPS) is 20.8. The molecule has 1 heterocycles. The van der Waals surface area contributed by atoms with Crippen molar-refractivity contribution in [2.45, 2.75) is 44.8 Å². The molecule has 2 aromatic rings. The Balaban J connectivity index is 2.10. The summed E-state index contributed by atoms with van der Waals surface area (Å²) in [5.41, 5.74) is -0.0624. The van der Waals surface area contributed by atoms with Gasteiger partial charge in [0.2, 0.25) is 0 Å². The lowest BCUT2D eigenvalue weighted by atomic mass is 10.1. The van der Waals surface area contributed by atoms with Crippen molar-refractivity contribution in [2.75, 3.05) is 13.2 Å². The van der Waals surface area contributed by atoms with E-state index in [-0.39, 0.29) is 10.6 Å². The van der Waals surface area contributed by atoms with E-state index >= 15 is 0 Å². The van der Waals surface area contributed by atoms with Gasteiger partial charge in [0.15, 0.2) is 0 Å². The van der Waals surface area contributed by atoms with E-state index in [9.17, 15) is 0 Å². The third-order valence-electron chi connectivity index (χ3n) is 5.17. The van der Waals surface area contributed by atoms with E-state index in [1.807, 2.05) is 0 Å². The minimum atomic E-state index is -2.42. The first-order valence-electron chi connectivity index (χ1n) is 8.82. The molecular weight excluding hydrogens is 312 g/mol. The number of benzene rings is 2. The molecule has 0 bridgehead atoms. The van der Waals surface area contributed by atoms with E-state index in [0.717, 1.165) is 13.0 Å². The van der Waals surface area contributed by atoms with Crippen molar-refractivity contribution in [3.63, 3.8) is 0 Å². The zero-order chi connectivity index (χ0) is 17.3. The molecule has 0 aliphatic carbocycles. The van der Waals surface area contributed by atoms with E-state index in [1.54, 1.807) is 0 Å². The minimum Gasteiger partial charge on any atom is -0.404 e. The van der Waals surface area contributed by atoms with Gasteiger partial charge in [0.25, 0.3) is 8.32 Å². The summed E-state index contributed by atoms with van der Waals surface area (Å²) < 4.78 is 12.6. The van der Waals surface area contributed by atoms with Gasteiger partial charge in [0.1, 0.15) is 5.60 Å². The largest absolute Gasteiger partial charge is 0.404 e. The molecule has 3 rings (SSSR count). The molecule has 1 fully saturated rings. The molecule has 1 aliphatic heterocycles. The second kappa shape index (κ2) is 6.47. The van der Waals surface area contributed by atoms with Crippen molar-refractivity contribution in [1.29, 1.82) is 0 Å². The molecular formula is C21H28O2Si. The van der Waals surface area contributed by atoms with Crippen molar-refractivity contribution in [2.24, 2.45) is 0 Å². The number of hydrogen-bond acceptors (Lipinski definition) is 2. The van der Waals surface area contributed by atoms with Crippen molar-refractivity contribution in [1.82, 2.24) is 0 Å². The highest BCUT2D eigenvalue weighted by Crippen LogP contribution is 2.39. The average molecular weight is 341 g/mol. The van der Waals surface area contributed by atoms with Crippen LogP contribution in [0.2, 0.25) is 5.04 Å². The molecule has 0 unspecified atom stereocenters. The first kappa shape index (κ1) is 17.4. The van der Waals surface area contributed by atoms with Crippen LogP contribution in [-0.4, -0.2) is 27.1 Å². The predicted octanol–water partition coefficient (Wildman–Crippen LogP) is 3.74. The maximum Gasteiger partial charge on any atom is 0.261 e. The van der Waals surface area contributed by atoms with Crippen LogP contribution in [0.4, 0.5) is 0 Å². The van der Waals surface area contributed by atoms with Crippen LogP contribution < -0.4 is 10.4 Å². The third-order valence-corrected chi connectivity index (χ3v) is 10.1. The van der Waals surface area contributed by atoms with Crippen LogP contribution in [0.15, 0.2) is 60.7 Å². The smallest absolute Gasteiger partial charge is 0.261 e. The molecule has 0 radical (unpaired) electrons. The summed E-state index contributed by atoms with van der Waals surface area (Å²) >= 11 is 0. The average Bonchev–Trinajstić information content (AvgIpc) is 3.37. The molecule has 128 valence electrons. The van der Waals surface area contributed by atoms with E-state index < -0.39 is 8.32 Å². The highest BCUT2D eigenvalue weighted by molar-refractivity contribution is 6.99. The van der Waals surface area contributed by atoms with Crippen molar-refractivity contribution in [3.8, 4) is 0 Å². The summed E-state index contributed by atoms with van der Waals surface area (Å²) in [6, 6.07) is 21.6. The Hall–Kier alpha value is -1.42. The van der Waals surface area contributed by atoms with Crippen LogP contribution in [0.1, 0.15) is 34.1 Å². The van der Waals surface area contributed by atoms with Crippen LogP contribution in [0.3, 0.4) is 0 Å². The Morgan fingerprint density at radius 3 is 1.75 bits per heavy atom. The first-order valence-corrected chi connectivity index (χ1v) is 10.7. The number of ether oxygens (including phenoxy) is 1. The highest BCUT2D eigenvalue weighted by atomic mass is 28.4. The second-order valence-electron chi connectivity index (χ2n) is 7.78. The van der Waals surface area contributed by atoms with E-state index in [2.05, 4.69) is 88.4 Å². The Morgan fingerprint density at radius 1 is 0.958 bits per heavy atom. The van der Waals surface area contributed by atoms with Gasteiger partial charge in [0, 0.05) is 0 Å². The standard InChI is InChI=1S/C21H28O2Si/c1-5-21(16-22-21)17-23-24(20(2,3)4,18-12-8-6-9-13-18)19-14-10-7-11-15-19/h6-15H,5,16-17H2,1-4H3/t21-/m0/s1. The molecule has 3 heteroatoms. The fourth-order valence-corrected chi connectivity index (χ4v) is 8.13. The molecule has 0 spiro atoms. The number of epoxide rings is 1. The zero-order valence-electron chi connectivity index (χ0n) is 15.2. The lowest BCUT2D eigenvalue weighted by Gasteiger charge is -2.43. The van der Waals surface area contributed by atoms with Gasteiger partial charge in [0.05, 0.1) is 13.2 Å².